The summed E-state index contributed by atoms with van der Waals surface area (Å²) < 4.78 is 0. The average Bonchev–Trinajstić information content (AvgIpc) is 2.62. The second-order valence-electron chi connectivity index (χ2n) is 7.77. The molecule has 3 amide bonds. The van der Waals surface area contributed by atoms with Crippen LogP contribution >= 0.6 is 0 Å². The molecule has 27 heavy (non-hydrogen) atoms. The molecule has 0 aliphatic carbocycles. The van der Waals surface area contributed by atoms with Crippen molar-refractivity contribution in [3.05, 3.63) is 35.9 Å². The number of hydrogen-bond donors (Lipinski definition) is 3. The molecule has 6 nitrogen and oxygen atoms in total. The number of benzene rings is 1. The van der Waals surface area contributed by atoms with Gasteiger partial charge in [-0.2, -0.15) is 0 Å². The van der Waals surface area contributed by atoms with E-state index in [0.717, 1.165) is 6.42 Å². The smallest absolute Gasteiger partial charge is 0.242 e. The van der Waals surface area contributed by atoms with Gasteiger partial charge in [-0.3, -0.25) is 14.4 Å². The number of nitrogens with one attached hydrogen (secondary N) is 3. The summed E-state index contributed by atoms with van der Waals surface area (Å²) in [6, 6.07) is 9.43. The number of carbonyl (C=O) groups is 3. The summed E-state index contributed by atoms with van der Waals surface area (Å²) in [5, 5.41) is 8.28. The standard InChI is InChI=1S/C21H33N3O3/c1-21(2,3)19(20(27)22-4)24-18(26)13-9-8-12-17(25)23-15-14-16-10-6-5-7-11-16/h5-7,10-11,19H,8-9,12-15H2,1-4H3,(H,22,27)(H,23,25)(H,24,26). The summed E-state index contributed by atoms with van der Waals surface area (Å²) >= 11 is 0. The molecule has 0 radical (unpaired) electrons. The summed E-state index contributed by atoms with van der Waals surface area (Å²) in [6.45, 7) is 6.34. The Morgan fingerprint density at radius 1 is 0.963 bits per heavy atom. The molecule has 0 spiro atoms. The molecule has 3 N–H and O–H groups in total. The summed E-state index contributed by atoms with van der Waals surface area (Å²) in [5.41, 5.74) is 0.827. The van der Waals surface area contributed by atoms with Crippen molar-refractivity contribution in [2.24, 2.45) is 5.41 Å². The molecule has 0 bridgehead atoms. The molecular formula is C21H33N3O3. The largest absolute Gasteiger partial charge is 0.357 e. The zero-order valence-corrected chi connectivity index (χ0v) is 16.9. The van der Waals surface area contributed by atoms with Crippen LogP contribution in [0.15, 0.2) is 30.3 Å². The molecule has 0 aliphatic rings. The van der Waals surface area contributed by atoms with Crippen molar-refractivity contribution in [1.29, 1.82) is 0 Å². The van der Waals surface area contributed by atoms with Crippen molar-refractivity contribution in [2.75, 3.05) is 13.6 Å². The van der Waals surface area contributed by atoms with Crippen LogP contribution in [0, 0.1) is 5.41 Å². The third kappa shape index (κ3) is 9.22. The summed E-state index contributed by atoms with van der Waals surface area (Å²) in [5.74, 6) is -0.360. The Morgan fingerprint density at radius 3 is 2.11 bits per heavy atom. The van der Waals surface area contributed by atoms with Crippen molar-refractivity contribution < 1.29 is 14.4 Å². The molecule has 1 aromatic rings. The van der Waals surface area contributed by atoms with E-state index in [1.807, 2.05) is 51.1 Å². The van der Waals surface area contributed by atoms with Gasteiger partial charge in [-0.25, -0.2) is 0 Å². The lowest BCUT2D eigenvalue weighted by molar-refractivity contribution is -0.131. The fourth-order valence-electron chi connectivity index (χ4n) is 2.70. The van der Waals surface area contributed by atoms with Crippen molar-refractivity contribution in [2.45, 2.75) is 58.9 Å². The van der Waals surface area contributed by atoms with Crippen LogP contribution in [0.3, 0.4) is 0 Å². The van der Waals surface area contributed by atoms with Crippen molar-refractivity contribution in [3.63, 3.8) is 0 Å². The van der Waals surface area contributed by atoms with Gasteiger partial charge in [0.15, 0.2) is 0 Å². The maximum absolute atomic E-state index is 12.1. The Kier molecular flexibility index (Phi) is 9.54. The SMILES string of the molecule is CNC(=O)C(NC(=O)CCCCC(=O)NCCc1ccccc1)C(C)(C)C. The molecule has 1 atom stereocenters. The lowest BCUT2D eigenvalue weighted by Crippen LogP contribution is -2.52. The first-order valence-corrected chi connectivity index (χ1v) is 9.55. The first-order chi connectivity index (χ1) is 12.7. The molecule has 1 aromatic carbocycles. The summed E-state index contributed by atoms with van der Waals surface area (Å²) in [7, 11) is 1.56. The van der Waals surface area contributed by atoms with E-state index in [0.29, 0.717) is 32.2 Å². The van der Waals surface area contributed by atoms with E-state index < -0.39 is 6.04 Å². The lowest BCUT2D eigenvalue weighted by atomic mass is 9.86. The fraction of sp³-hybridized carbons (Fsp3) is 0.571. The van der Waals surface area contributed by atoms with Gasteiger partial charge in [0, 0.05) is 26.4 Å². The van der Waals surface area contributed by atoms with Gasteiger partial charge in [0.1, 0.15) is 6.04 Å². The fourth-order valence-corrected chi connectivity index (χ4v) is 2.70. The lowest BCUT2D eigenvalue weighted by Gasteiger charge is -2.29. The molecule has 0 saturated heterocycles. The van der Waals surface area contributed by atoms with Gasteiger partial charge in [-0.05, 0) is 30.2 Å². The second-order valence-corrected chi connectivity index (χ2v) is 7.77. The van der Waals surface area contributed by atoms with Gasteiger partial charge in [-0.1, -0.05) is 51.1 Å². The van der Waals surface area contributed by atoms with Gasteiger partial charge in [0.05, 0.1) is 0 Å². The molecule has 0 aromatic heterocycles. The van der Waals surface area contributed by atoms with Crippen molar-refractivity contribution >= 4 is 17.7 Å². The van der Waals surface area contributed by atoms with Gasteiger partial charge >= 0.3 is 0 Å². The predicted octanol–water partition coefficient (Wildman–Crippen LogP) is 2.18. The molecule has 150 valence electrons. The summed E-state index contributed by atoms with van der Waals surface area (Å²) in [6.07, 6.45) is 2.77. The van der Waals surface area contributed by atoms with E-state index in [-0.39, 0.29) is 23.1 Å². The van der Waals surface area contributed by atoms with Crippen molar-refractivity contribution in [3.8, 4) is 0 Å². The Balaban J connectivity index is 2.21. The van der Waals surface area contributed by atoms with E-state index in [9.17, 15) is 14.4 Å². The van der Waals surface area contributed by atoms with E-state index >= 15 is 0 Å². The van der Waals surface area contributed by atoms with Crippen LogP contribution in [0.4, 0.5) is 0 Å². The normalized spacial score (nSPS) is 12.1. The number of amides is 3. The zero-order chi connectivity index (χ0) is 20.3. The van der Waals surface area contributed by atoms with E-state index in [2.05, 4.69) is 16.0 Å². The average molecular weight is 376 g/mol. The van der Waals surface area contributed by atoms with E-state index in [1.54, 1.807) is 7.05 Å². The third-order valence-corrected chi connectivity index (χ3v) is 4.32. The Hall–Kier alpha value is -2.37. The Bertz CT molecular complexity index is 609. The van der Waals surface area contributed by atoms with Gasteiger partial charge in [0.25, 0.3) is 0 Å². The molecule has 0 aliphatic heterocycles. The zero-order valence-electron chi connectivity index (χ0n) is 16.9. The van der Waals surface area contributed by atoms with Crippen LogP contribution in [0.5, 0.6) is 0 Å². The van der Waals surface area contributed by atoms with Crippen LogP contribution in [0.2, 0.25) is 0 Å². The maximum Gasteiger partial charge on any atom is 0.242 e. The molecule has 1 rings (SSSR count). The van der Waals surface area contributed by atoms with E-state index in [1.165, 1.54) is 5.56 Å². The van der Waals surface area contributed by atoms with Gasteiger partial charge in [0.2, 0.25) is 17.7 Å². The molecule has 1 unspecified atom stereocenters. The van der Waals surface area contributed by atoms with E-state index in [4.69, 9.17) is 0 Å². The number of rotatable bonds is 10. The number of carbonyl (C=O) groups excluding carboxylic acids is 3. The number of likely N-dealkylation sites (N-methyl/N-ethyl adjacent to an activating group) is 1. The monoisotopic (exact) mass is 375 g/mol. The van der Waals surface area contributed by atoms with Gasteiger partial charge < -0.3 is 16.0 Å². The second kappa shape index (κ2) is 11.4. The Morgan fingerprint density at radius 2 is 1.56 bits per heavy atom. The highest BCUT2D eigenvalue weighted by atomic mass is 16.2. The van der Waals surface area contributed by atoms with Gasteiger partial charge in [-0.15, -0.1) is 0 Å². The first-order valence-electron chi connectivity index (χ1n) is 9.55. The van der Waals surface area contributed by atoms with Crippen molar-refractivity contribution in [1.82, 2.24) is 16.0 Å². The first kappa shape index (κ1) is 22.7. The third-order valence-electron chi connectivity index (χ3n) is 4.32. The molecular weight excluding hydrogens is 342 g/mol. The van der Waals surface area contributed by atoms with Crippen LogP contribution in [-0.2, 0) is 20.8 Å². The van der Waals surface area contributed by atoms with Crippen LogP contribution in [0.25, 0.3) is 0 Å². The maximum atomic E-state index is 12.1. The highest BCUT2D eigenvalue weighted by Gasteiger charge is 2.31. The van der Waals surface area contributed by atoms with Crippen LogP contribution in [-0.4, -0.2) is 37.4 Å². The molecule has 0 saturated carbocycles. The topological polar surface area (TPSA) is 87.3 Å². The molecule has 6 heteroatoms. The quantitative estimate of drug-likeness (QED) is 0.548. The minimum absolute atomic E-state index is 0.00395. The minimum Gasteiger partial charge on any atom is -0.357 e. The van der Waals surface area contributed by atoms with Crippen LogP contribution in [0.1, 0.15) is 52.0 Å². The number of unbranched alkanes of at least 4 members (excludes halogenated alkanes) is 1. The van der Waals surface area contributed by atoms with Crippen LogP contribution < -0.4 is 16.0 Å². The summed E-state index contributed by atoms with van der Waals surface area (Å²) in [4.78, 5) is 35.9. The Labute approximate surface area is 162 Å². The molecule has 0 heterocycles. The highest BCUT2D eigenvalue weighted by Crippen LogP contribution is 2.19. The highest BCUT2D eigenvalue weighted by molar-refractivity contribution is 5.88. The number of hydrogen-bond acceptors (Lipinski definition) is 3. The predicted molar refractivity (Wildman–Crippen MR) is 107 cm³/mol. The molecule has 0 fully saturated rings. The minimum atomic E-state index is -0.573.